The number of amides is 1. The third kappa shape index (κ3) is 7.30. The number of alkyl halides is 6. The maximum absolute atomic E-state index is 13.2. The molecule has 10 heteroatoms. The van der Waals surface area contributed by atoms with E-state index < -0.39 is 35.2 Å². The molecular weight excluding hydrogens is 450 g/mol. The van der Waals surface area contributed by atoms with Crippen molar-refractivity contribution in [3.63, 3.8) is 0 Å². The van der Waals surface area contributed by atoms with Gasteiger partial charge in [0, 0.05) is 24.3 Å². The Morgan fingerprint density at radius 3 is 2.06 bits per heavy atom. The van der Waals surface area contributed by atoms with Crippen LogP contribution in [-0.2, 0) is 17.1 Å². The number of allylic oxidation sites excluding steroid dienone is 1. The molecule has 0 saturated carbocycles. The highest BCUT2D eigenvalue weighted by atomic mass is 19.4. The van der Waals surface area contributed by atoms with Gasteiger partial charge in [0.15, 0.2) is 0 Å². The second-order valence-corrected chi connectivity index (χ2v) is 9.10. The SMILES string of the molecule is CC=C(NC1CCN(C(=O)OC(C)(C)C)C(CC)C1)c1cc(C(F)(F)F)cc(C(F)(F)F)c1. The molecule has 0 radical (unpaired) electrons. The summed E-state index contributed by atoms with van der Waals surface area (Å²) in [5.41, 5.74) is -3.39. The lowest BCUT2D eigenvalue weighted by Gasteiger charge is -2.40. The van der Waals surface area contributed by atoms with Crippen LogP contribution in [0.5, 0.6) is 0 Å². The van der Waals surface area contributed by atoms with E-state index in [0.29, 0.717) is 37.9 Å². The predicted molar refractivity (Wildman–Crippen MR) is 113 cm³/mol. The van der Waals surface area contributed by atoms with Gasteiger partial charge in [0.2, 0.25) is 0 Å². The first-order valence-electron chi connectivity index (χ1n) is 10.8. The van der Waals surface area contributed by atoms with Crippen LogP contribution in [-0.4, -0.2) is 35.2 Å². The second-order valence-electron chi connectivity index (χ2n) is 9.10. The molecule has 1 aromatic rings. The van der Waals surface area contributed by atoms with E-state index in [-0.39, 0.29) is 29.4 Å². The number of carbonyl (C=O) groups excluding carboxylic acids is 1. The molecule has 0 aliphatic carbocycles. The number of benzene rings is 1. The summed E-state index contributed by atoms with van der Waals surface area (Å²) in [6.45, 7) is 9.11. The van der Waals surface area contributed by atoms with Crippen molar-refractivity contribution in [1.82, 2.24) is 10.2 Å². The monoisotopic (exact) mass is 480 g/mol. The van der Waals surface area contributed by atoms with Gasteiger partial charge in [-0.25, -0.2) is 4.79 Å². The highest BCUT2D eigenvalue weighted by Crippen LogP contribution is 2.37. The number of rotatable bonds is 4. The quantitative estimate of drug-likeness (QED) is 0.479. The first-order valence-corrected chi connectivity index (χ1v) is 10.8. The summed E-state index contributed by atoms with van der Waals surface area (Å²) in [5, 5.41) is 3.10. The number of carbonyl (C=O) groups is 1. The van der Waals surface area contributed by atoms with Gasteiger partial charge < -0.3 is 15.0 Å². The van der Waals surface area contributed by atoms with Gasteiger partial charge in [-0.05, 0) is 70.7 Å². The van der Waals surface area contributed by atoms with Gasteiger partial charge in [0.25, 0.3) is 0 Å². The molecular formula is C23H30F6N2O2. The Bertz CT molecular complexity index is 839. The molecule has 4 nitrogen and oxygen atoms in total. The Labute approximate surface area is 190 Å². The molecule has 1 aliphatic heterocycles. The fraction of sp³-hybridized carbons (Fsp3) is 0.609. The standard InChI is InChI=1S/C23H30F6N2O2/c1-6-18-13-17(8-9-31(18)20(32)33-21(3,4)5)30-19(7-2)14-10-15(22(24,25)26)12-16(11-14)23(27,28)29/h7,10-12,17-18,30H,6,8-9,13H2,1-5H3. The molecule has 2 rings (SSSR count). The number of likely N-dealkylation sites (tertiary alicyclic amines) is 1. The molecule has 186 valence electrons. The first kappa shape index (κ1) is 26.9. The number of nitrogens with zero attached hydrogens (tertiary/aromatic N) is 1. The molecule has 0 bridgehead atoms. The Hall–Kier alpha value is -2.39. The maximum Gasteiger partial charge on any atom is 0.416 e. The summed E-state index contributed by atoms with van der Waals surface area (Å²) in [5.74, 6) is 0. The Morgan fingerprint density at radius 1 is 1.09 bits per heavy atom. The summed E-state index contributed by atoms with van der Waals surface area (Å²) in [6.07, 6.45) is -7.23. The van der Waals surface area contributed by atoms with Crippen molar-refractivity contribution in [2.24, 2.45) is 0 Å². The van der Waals surface area contributed by atoms with Gasteiger partial charge in [-0.2, -0.15) is 26.3 Å². The highest BCUT2D eigenvalue weighted by molar-refractivity contribution is 5.69. The van der Waals surface area contributed by atoms with E-state index in [4.69, 9.17) is 4.74 Å². The molecule has 1 saturated heterocycles. The minimum atomic E-state index is -4.92. The van der Waals surface area contributed by atoms with Crippen molar-refractivity contribution in [3.05, 3.63) is 41.0 Å². The smallest absolute Gasteiger partial charge is 0.416 e. The zero-order valence-corrected chi connectivity index (χ0v) is 19.3. The number of piperidine rings is 1. The molecule has 0 aromatic heterocycles. The number of hydrogen-bond acceptors (Lipinski definition) is 3. The molecule has 1 heterocycles. The predicted octanol–water partition coefficient (Wildman–Crippen LogP) is 6.85. The van der Waals surface area contributed by atoms with Crippen LogP contribution in [0.15, 0.2) is 24.3 Å². The van der Waals surface area contributed by atoms with Crippen LogP contribution in [0.3, 0.4) is 0 Å². The van der Waals surface area contributed by atoms with Crippen molar-refractivity contribution in [3.8, 4) is 0 Å². The number of ether oxygens (including phenoxy) is 1. The average Bonchev–Trinajstić information content (AvgIpc) is 2.68. The lowest BCUT2D eigenvalue weighted by molar-refractivity contribution is -0.143. The normalized spacial score (nSPS) is 20.6. The second kappa shape index (κ2) is 9.85. The highest BCUT2D eigenvalue weighted by Gasteiger charge is 2.38. The van der Waals surface area contributed by atoms with Crippen molar-refractivity contribution < 1.29 is 35.9 Å². The molecule has 1 N–H and O–H groups in total. The van der Waals surface area contributed by atoms with Crippen LogP contribution in [0.1, 0.15) is 70.6 Å². The summed E-state index contributed by atoms with van der Waals surface area (Å²) >= 11 is 0. The first-order chi connectivity index (χ1) is 15.0. The molecule has 1 aliphatic rings. The zero-order chi connectivity index (χ0) is 25.2. The molecule has 1 aromatic carbocycles. The summed E-state index contributed by atoms with van der Waals surface area (Å²) in [4.78, 5) is 14.1. The Morgan fingerprint density at radius 2 is 1.64 bits per heavy atom. The van der Waals surface area contributed by atoms with Crippen molar-refractivity contribution in [2.45, 2.75) is 83.9 Å². The molecule has 2 unspecified atom stereocenters. The molecule has 2 atom stereocenters. The minimum Gasteiger partial charge on any atom is -0.444 e. The third-order valence-corrected chi connectivity index (χ3v) is 5.36. The fourth-order valence-corrected chi connectivity index (χ4v) is 3.79. The topological polar surface area (TPSA) is 41.6 Å². The van der Waals surface area contributed by atoms with Crippen LogP contribution < -0.4 is 5.32 Å². The van der Waals surface area contributed by atoms with E-state index in [1.165, 1.54) is 6.08 Å². The van der Waals surface area contributed by atoms with Gasteiger partial charge in [0.05, 0.1) is 11.1 Å². The van der Waals surface area contributed by atoms with Gasteiger partial charge in [0.1, 0.15) is 5.60 Å². The molecule has 0 spiro atoms. The van der Waals surface area contributed by atoms with E-state index in [0.717, 1.165) is 0 Å². The van der Waals surface area contributed by atoms with E-state index in [2.05, 4.69) is 5.32 Å². The Balaban J connectivity index is 2.24. The maximum atomic E-state index is 13.2. The number of hydrogen-bond donors (Lipinski definition) is 1. The van der Waals surface area contributed by atoms with Crippen molar-refractivity contribution >= 4 is 11.8 Å². The van der Waals surface area contributed by atoms with Gasteiger partial charge in [-0.3, -0.25) is 0 Å². The lowest BCUT2D eigenvalue weighted by Crippen LogP contribution is -2.51. The lowest BCUT2D eigenvalue weighted by atomic mass is 9.94. The van der Waals surface area contributed by atoms with Crippen LogP contribution in [0.4, 0.5) is 31.1 Å². The summed E-state index contributed by atoms with van der Waals surface area (Å²) in [6, 6.07) is 1.14. The minimum absolute atomic E-state index is 0.114. The van der Waals surface area contributed by atoms with Crippen LogP contribution in [0.25, 0.3) is 5.70 Å². The van der Waals surface area contributed by atoms with E-state index in [1.807, 2.05) is 6.92 Å². The zero-order valence-electron chi connectivity index (χ0n) is 19.3. The number of nitrogens with one attached hydrogen (secondary N) is 1. The molecule has 33 heavy (non-hydrogen) atoms. The molecule has 1 amide bonds. The van der Waals surface area contributed by atoms with Crippen LogP contribution >= 0.6 is 0 Å². The van der Waals surface area contributed by atoms with E-state index in [9.17, 15) is 31.1 Å². The fourth-order valence-electron chi connectivity index (χ4n) is 3.79. The van der Waals surface area contributed by atoms with Crippen LogP contribution in [0.2, 0.25) is 0 Å². The number of halogens is 6. The average molecular weight is 480 g/mol. The third-order valence-electron chi connectivity index (χ3n) is 5.36. The van der Waals surface area contributed by atoms with Gasteiger partial charge in [-0.15, -0.1) is 0 Å². The largest absolute Gasteiger partial charge is 0.444 e. The van der Waals surface area contributed by atoms with Gasteiger partial charge >= 0.3 is 18.4 Å². The summed E-state index contributed by atoms with van der Waals surface area (Å²) in [7, 11) is 0. The van der Waals surface area contributed by atoms with E-state index in [1.54, 1.807) is 32.6 Å². The summed E-state index contributed by atoms with van der Waals surface area (Å²) < 4.78 is 84.9. The van der Waals surface area contributed by atoms with Crippen molar-refractivity contribution in [2.75, 3.05) is 6.54 Å². The van der Waals surface area contributed by atoms with Crippen molar-refractivity contribution in [1.29, 1.82) is 0 Å². The Kier molecular flexibility index (Phi) is 8.02. The van der Waals surface area contributed by atoms with E-state index >= 15 is 0 Å². The van der Waals surface area contributed by atoms with Gasteiger partial charge in [-0.1, -0.05) is 13.0 Å². The van der Waals surface area contributed by atoms with Crippen LogP contribution in [0, 0.1) is 0 Å². The molecule has 1 fully saturated rings.